The third kappa shape index (κ3) is 3.22. The average Bonchev–Trinajstić information content (AvgIpc) is 1.88. The average molecular weight is 279 g/mol. The van der Waals surface area contributed by atoms with E-state index in [1.807, 2.05) is 0 Å². The van der Waals surface area contributed by atoms with Crippen molar-refractivity contribution in [1.29, 1.82) is 0 Å². The summed E-state index contributed by atoms with van der Waals surface area (Å²) < 4.78 is 29.2. The Kier molecular flexibility index (Phi) is 4.05. The molecule has 2 radical (unpaired) electrons. The summed E-state index contributed by atoms with van der Waals surface area (Å²) in [7, 11) is -4.00. The van der Waals surface area contributed by atoms with Crippen LogP contribution in [0.25, 0.3) is 0 Å². The summed E-state index contributed by atoms with van der Waals surface area (Å²) in [5.74, 6) is 0. The zero-order chi connectivity index (χ0) is 7.61. The van der Waals surface area contributed by atoms with Crippen LogP contribution in [0.5, 0.6) is 0 Å². The molecular weight excluding hydrogens is 271 g/mol. The number of rotatable bonds is 1. The van der Waals surface area contributed by atoms with Crippen LogP contribution in [0.3, 0.4) is 0 Å². The maximum atomic E-state index is 10.4. The van der Waals surface area contributed by atoms with Gasteiger partial charge in [-0.25, -0.2) is 0 Å². The third-order valence-corrected chi connectivity index (χ3v) is 1.91. The van der Waals surface area contributed by atoms with Gasteiger partial charge in [0, 0.05) is 0 Å². The maximum absolute atomic E-state index is 10.4. The SMILES string of the molecule is O=S(=O)(O)c1ccccc1.[SnH2]. The Morgan fingerprint density at radius 2 is 1.55 bits per heavy atom. The van der Waals surface area contributed by atoms with Gasteiger partial charge in [-0.05, 0) is 12.1 Å². The van der Waals surface area contributed by atoms with E-state index in [-0.39, 0.29) is 28.8 Å². The van der Waals surface area contributed by atoms with Gasteiger partial charge in [0.1, 0.15) is 0 Å². The standard InChI is InChI=1S/C6H6O3S.Sn.2H/c7-10(8,9)6-4-2-1-3-5-6;;;/h1-5H,(H,7,8,9);;;. The first-order valence-electron chi connectivity index (χ1n) is 2.63. The van der Waals surface area contributed by atoms with Crippen LogP contribution in [-0.4, -0.2) is 36.9 Å². The fraction of sp³-hybridized carbons (Fsp3) is 0. The van der Waals surface area contributed by atoms with Gasteiger partial charge >= 0.3 is 23.9 Å². The third-order valence-electron chi connectivity index (χ3n) is 1.04. The van der Waals surface area contributed by atoms with E-state index in [2.05, 4.69) is 0 Å². The van der Waals surface area contributed by atoms with Gasteiger partial charge in [0.2, 0.25) is 0 Å². The van der Waals surface area contributed by atoms with Crippen molar-refractivity contribution in [2.45, 2.75) is 4.90 Å². The molecule has 0 saturated carbocycles. The van der Waals surface area contributed by atoms with Crippen LogP contribution in [0.2, 0.25) is 0 Å². The van der Waals surface area contributed by atoms with Crippen LogP contribution >= 0.6 is 0 Å². The van der Waals surface area contributed by atoms with Gasteiger partial charge in [-0.1, -0.05) is 18.2 Å². The number of hydrogen-bond donors (Lipinski definition) is 1. The molecule has 0 aliphatic rings. The van der Waals surface area contributed by atoms with Crippen LogP contribution < -0.4 is 0 Å². The molecule has 5 heteroatoms. The molecule has 0 bridgehead atoms. The van der Waals surface area contributed by atoms with Crippen molar-refractivity contribution in [2.75, 3.05) is 0 Å². The summed E-state index contributed by atoms with van der Waals surface area (Å²) >= 11 is 0. The molecule has 1 aromatic rings. The van der Waals surface area contributed by atoms with E-state index in [1.54, 1.807) is 18.2 Å². The van der Waals surface area contributed by atoms with Gasteiger partial charge in [0.05, 0.1) is 4.90 Å². The normalized spacial score (nSPS) is 10.3. The molecule has 1 rings (SSSR count). The van der Waals surface area contributed by atoms with E-state index in [9.17, 15) is 8.42 Å². The molecule has 0 aliphatic heterocycles. The molecule has 0 heterocycles. The van der Waals surface area contributed by atoms with Crippen LogP contribution in [0, 0.1) is 0 Å². The first kappa shape index (κ1) is 10.9. The Labute approximate surface area is 82.1 Å². The molecular formula is C6H8O3SSn. The van der Waals surface area contributed by atoms with Gasteiger partial charge in [-0.3, -0.25) is 4.55 Å². The number of benzene rings is 1. The van der Waals surface area contributed by atoms with Crippen molar-refractivity contribution in [3.05, 3.63) is 30.3 Å². The van der Waals surface area contributed by atoms with Crippen LogP contribution in [0.4, 0.5) is 0 Å². The fourth-order valence-corrected chi connectivity index (χ4v) is 1.09. The van der Waals surface area contributed by atoms with E-state index in [1.165, 1.54) is 12.1 Å². The van der Waals surface area contributed by atoms with Crippen LogP contribution in [0.1, 0.15) is 0 Å². The van der Waals surface area contributed by atoms with Crippen LogP contribution in [0.15, 0.2) is 35.2 Å². The van der Waals surface area contributed by atoms with Gasteiger partial charge < -0.3 is 0 Å². The molecule has 3 nitrogen and oxygen atoms in total. The summed E-state index contributed by atoms with van der Waals surface area (Å²) in [4.78, 5) is -0.0741. The Hall–Kier alpha value is -0.0713. The quantitative estimate of drug-likeness (QED) is 0.582. The zero-order valence-electron chi connectivity index (χ0n) is 5.77. The first-order valence-corrected chi connectivity index (χ1v) is 4.07. The molecule has 11 heavy (non-hydrogen) atoms. The summed E-state index contributed by atoms with van der Waals surface area (Å²) in [5, 5.41) is 0. The molecule has 0 amide bonds. The summed E-state index contributed by atoms with van der Waals surface area (Å²) in [6.45, 7) is 0. The summed E-state index contributed by atoms with van der Waals surface area (Å²) in [5.41, 5.74) is 0. The second-order valence-electron chi connectivity index (χ2n) is 1.79. The molecule has 60 valence electrons. The fourth-order valence-electron chi connectivity index (χ4n) is 0.592. The van der Waals surface area contributed by atoms with Crippen molar-refractivity contribution < 1.29 is 13.0 Å². The second kappa shape index (κ2) is 4.08. The Bertz CT molecular complexity index is 306. The van der Waals surface area contributed by atoms with Gasteiger partial charge in [-0.2, -0.15) is 8.42 Å². The van der Waals surface area contributed by atoms with Crippen molar-refractivity contribution in [1.82, 2.24) is 0 Å². The van der Waals surface area contributed by atoms with Gasteiger partial charge in [0.15, 0.2) is 0 Å². The minimum absolute atomic E-state index is 0. The minimum atomic E-state index is -4.00. The Morgan fingerprint density at radius 1 is 1.09 bits per heavy atom. The van der Waals surface area contributed by atoms with E-state index < -0.39 is 10.1 Å². The van der Waals surface area contributed by atoms with Crippen molar-refractivity contribution >= 4 is 34.0 Å². The van der Waals surface area contributed by atoms with Gasteiger partial charge in [0.25, 0.3) is 10.1 Å². The molecule has 1 aromatic carbocycles. The molecule has 0 aliphatic carbocycles. The van der Waals surface area contributed by atoms with E-state index >= 15 is 0 Å². The molecule has 1 N–H and O–H groups in total. The van der Waals surface area contributed by atoms with E-state index in [4.69, 9.17) is 4.55 Å². The molecule has 0 spiro atoms. The molecule has 0 aromatic heterocycles. The monoisotopic (exact) mass is 280 g/mol. The van der Waals surface area contributed by atoms with E-state index in [0.29, 0.717) is 0 Å². The molecule has 0 unspecified atom stereocenters. The van der Waals surface area contributed by atoms with Crippen LogP contribution in [-0.2, 0) is 10.1 Å². The van der Waals surface area contributed by atoms with Crippen molar-refractivity contribution in [3.63, 3.8) is 0 Å². The molecule has 0 saturated heterocycles. The Balaban J connectivity index is 0.000001000. The predicted molar refractivity (Wildman–Crippen MR) is 44.8 cm³/mol. The molecule has 0 atom stereocenters. The number of hydrogen-bond acceptors (Lipinski definition) is 2. The second-order valence-corrected chi connectivity index (χ2v) is 3.21. The summed E-state index contributed by atoms with van der Waals surface area (Å²) in [6, 6.07) is 7.42. The summed E-state index contributed by atoms with van der Waals surface area (Å²) in [6.07, 6.45) is 0. The topological polar surface area (TPSA) is 54.4 Å². The Morgan fingerprint density at radius 3 is 1.82 bits per heavy atom. The zero-order valence-corrected chi connectivity index (χ0v) is 10.6. The van der Waals surface area contributed by atoms with Crippen molar-refractivity contribution in [2.24, 2.45) is 0 Å². The van der Waals surface area contributed by atoms with Gasteiger partial charge in [-0.15, -0.1) is 0 Å². The van der Waals surface area contributed by atoms with E-state index in [0.717, 1.165) is 0 Å². The first-order chi connectivity index (χ1) is 4.61. The molecule has 0 fully saturated rings. The predicted octanol–water partition coefficient (Wildman–Crippen LogP) is 0.0171. The van der Waals surface area contributed by atoms with Crippen molar-refractivity contribution in [3.8, 4) is 0 Å².